The Morgan fingerprint density at radius 1 is 1.06 bits per heavy atom. The van der Waals surface area contributed by atoms with Crippen molar-refractivity contribution in [1.29, 1.82) is 0 Å². The fourth-order valence-electron chi connectivity index (χ4n) is 5.15. The van der Waals surface area contributed by atoms with Crippen LogP contribution in [0.5, 0.6) is 5.75 Å². The number of aliphatic hydroxyl groups is 1. The molecule has 0 saturated carbocycles. The number of likely N-dealkylation sites (tertiary alicyclic amines) is 2. The van der Waals surface area contributed by atoms with Gasteiger partial charge in [0.05, 0.1) is 18.7 Å². The molecule has 2 aliphatic heterocycles. The molecular formula is C26H33N3O4. The van der Waals surface area contributed by atoms with Gasteiger partial charge in [0.2, 0.25) is 0 Å². The Morgan fingerprint density at radius 2 is 1.76 bits per heavy atom. The predicted molar refractivity (Wildman–Crippen MR) is 127 cm³/mol. The fraction of sp³-hybridized carbons (Fsp3) is 0.462. The van der Waals surface area contributed by atoms with Gasteiger partial charge < -0.3 is 24.6 Å². The maximum absolute atomic E-state index is 13.3. The summed E-state index contributed by atoms with van der Waals surface area (Å²) in [5, 5.41) is 11.4. The van der Waals surface area contributed by atoms with Crippen LogP contribution in [0.1, 0.15) is 53.4 Å². The molecule has 3 heterocycles. The number of hydrogen-bond acceptors (Lipinski definition) is 5. The van der Waals surface area contributed by atoms with Gasteiger partial charge in [0, 0.05) is 35.6 Å². The molecule has 0 spiro atoms. The number of carbonyl (C=O) groups is 2. The van der Waals surface area contributed by atoms with E-state index in [2.05, 4.69) is 9.88 Å². The summed E-state index contributed by atoms with van der Waals surface area (Å²) in [4.78, 5) is 33.7. The standard InChI is InChI=1S/C26H33N3O4/c1-16-17(2)27-18(3)21(16)24(30)22-23(19-10-6-7-11-20(19)33-4)29(26(32)25(22)31)15-14-28-12-8-5-9-13-28/h6-7,10-11,23,27,30H,5,8-9,12-15H2,1-4H3/b24-22+. The molecule has 33 heavy (non-hydrogen) atoms. The maximum atomic E-state index is 13.3. The van der Waals surface area contributed by atoms with Crippen molar-refractivity contribution >= 4 is 17.4 Å². The summed E-state index contributed by atoms with van der Waals surface area (Å²) in [5.41, 5.74) is 3.95. The van der Waals surface area contributed by atoms with E-state index in [1.807, 2.05) is 45.0 Å². The molecular weight excluding hydrogens is 418 g/mol. The van der Waals surface area contributed by atoms with Crippen molar-refractivity contribution in [3.8, 4) is 5.75 Å². The number of hydrogen-bond donors (Lipinski definition) is 2. The van der Waals surface area contributed by atoms with E-state index in [0.29, 0.717) is 30.0 Å². The molecule has 176 valence electrons. The van der Waals surface area contributed by atoms with Gasteiger partial charge in [-0.1, -0.05) is 24.6 Å². The van der Waals surface area contributed by atoms with Crippen LogP contribution in [-0.2, 0) is 9.59 Å². The van der Waals surface area contributed by atoms with Crippen LogP contribution in [0, 0.1) is 20.8 Å². The number of nitrogens with zero attached hydrogens (tertiary/aromatic N) is 2. The molecule has 1 unspecified atom stereocenters. The first kappa shape index (κ1) is 23.1. The van der Waals surface area contributed by atoms with Crippen molar-refractivity contribution in [1.82, 2.24) is 14.8 Å². The summed E-state index contributed by atoms with van der Waals surface area (Å²) >= 11 is 0. The minimum absolute atomic E-state index is 0.119. The van der Waals surface area contributed by atoms with Crippen LogP contribution in [-0.4, -0.2) is 64.9 Å². The molecule has 1 amide bonds. The molecule has 2 aliphatic rings. The second kappa shape index (κ2) is 9.43. The lowest BCUT2D eigenvalue weighted by molar-refractivity contribution is -0.140. The zero-order valence-electron chi connectivity index (χ0n) is 19.9. The number of carbonyl (C=O) groups excluding carboxylic acids is 2. The van der Waals surface area contributed by atoms with Gasteiger partial charge in [-0.15, -0.1) is 0 Å². The van der Waals surface area contributed by atoms with Crippen molar-refractivity contribution in [2.24, 2.45) is 0 Å². The van der Waals surface area contributed by atoms with E-state index in [0.717, 1.165) is 42.9 Å². The molecule has 2 N–H and O–H groups in total. The third-order valence-corrected chi connectivity index (χ3v) is 7.00. The van der Waals surface area contributed by atoms with E-state index in [1.165, 1.54) is 6.42 Å². The SMILES string of the molecule is COc1ccccc1C1/C(=C(\O)c2c(C)[nH]c(C)c2C)C(=O)C(=O)N1CCN1CCCCC1. The van der Waals surface area contributed by atoms with E-state index in [4.69, 9.17) is 4.74 Å². The number of aryl methyl sites for hydroxylation is 2. The highest BCUT2D eigenvalue weighted by atomic mass is 16.5. The largest absolute Gasteiger partial charge is 0.507 e. The number of ketones is 1. The number of Topliss-reactive ketones (excluding diaryl/α,β-unsaturated/α-hetero) is 1. The highest BCUT2D eigenvalue weighted by Gasteiger charge is 2.47. The second-order valence-electron chi connectivity index (χ2n) is 9.01. The maximum Gasteiger partial charge on any atom is 0.295 e. The zero-order chi connectivity index (χ0) is 23.7. The summed E-state index contributed by atoms with van der Waals surface area (Å²) in [6.45, 7) is 8.80. The average molecular weight is 452 g/mol. The van der Waals surface area contributed by atoms with Gasteiger partial charge >= 0.3 is 0 Å². The molecule has 1 aromatic carbocycles. The quantitative estimate of drug-likeness (QED) is 0.396. The fourth-order valence-corrected chi connectivity index (χ4v) is 5.15. The molecule has 0 radical (unpaired) electrons. The van der Waals surface area contributed by atoms with E-state index in [9.17, 15) is 14.7 Å². The molecule has 7 heteroatoms. The van der Waals surface area contributed by atoms with Crippen molar-refractivity contribution in [2.75, 3.05) is 33.3 Å². The number of rotatable bonds is 6. The van der Waals surface area contributed by atoms with Crippen LogP contribution in [0.4, 0.5) is 0 Å². The van der Waals surface area contributed by atoms with Gasteiger partial charge in [0.15, 0.2) is 0 Å². The summed E-state index contributed by atoms with van der Waals surface area (Å²) in [5.74, 6) is -0.784. The van der Waals surface area contributed by atoms with Gasteiger partial charge in [-0.2, -0.15) is 0 Å². The third kappa shape index (κ3) is 4.17. The van der Waals surface area contributed by atoms with Gasteiger partial charge in [-0.25, -0.2) is 0 Å². The summed E-state index contributed by atoms with van der Waals surface area (Å²) < 4.78 is 5.59. The van der Waals surface area contributed by atoms with Gasteiger partial charge in [-0.05, 0) is 58.3 Å². The van der Waals surface area contributed by atoms with E-state index in [1.54, 1.807) is 12.0 Å². The number of nitrogens with one attached hydrogen (secondary N) is 1. The number of aromatic nitrogens is 1. The van der Waals surface area contributed by atoms with Crippen molar-refractivity contribution in [3.05, 3.63) is 57.9 Å². The Morgan fingerprint density at radius 3 is 2.39 bits per heavy atom. The van der Waals surface area contributed by atoms with E-state index >= 15 is 0 Å². The van der Waals surface area contributed by atoms with Gasteiger partial charge in [0.1, 0.15) is 11.5 Å². The second-order valence-corrected chi connectivity index (χ2v) is 9.01. The summed E-state index contributed by atoms with van der Waals surface area (Å²) in [7, 11) is 1.57. The highest BCUT2D eigenvalue weighted by molar-refractivity contribution is 6.46. The van der Waals surface area contributed by atoms with Crippen molar-refractivity contribution in [3.63, 3.8) is 0 Å². The van der Waals surface area contributed by atoms with Gasteiger partial charge in [-0.3, -0.25) is 9.59 Å². The molecule has 4 rings (SSSR count). The molecule has 2 aromatic rings. The van der Waals surface area contributed by atoms with Crippen LogP contribution in [0.2, 0.25) is 0 Å². The topological polar surface area (TPSA) is 85.9 Å². The van der Waals surface area contributed by atoms with Crippen LogP contribution in [0.3, 0.4) is 0 Å². The molecule has 1 atom stereocenters. The molecule has 0 bridgehead atoms. The number of ether oxygens (including phenoxy) is 1. The minimum Gasteiger partial charge on any atom is -0.507 e. The number of aromatic amines is 1. The monoisotopic (exact) mass is 451 g/mol. The summed E-state index contributed by atoms with van der Waals surface area (Å²) in [6, 6.07) is 6.68. The number of methoxy groups -OCH3 is 1. The smallest absolute Gasteiger partial charge is 0.295 e. The average Bonchev–Trinajstić information content (AvgIpc) is 3.23. The van der Waals surface area contributed by atoms with Crippen molar-refractivity contribution < 1.29 is 19.4 Å². The Bertz CT molecular complexity index is 1090. The molecule has 2 fully saturated rings. The van der Waals surface area contributed by atoms with E-state index < -0.39 is 17.7 Å². The Labute approximate surface area is 195 Å². The van der Waals surface area contributed by atoms with Crippen LogP contribution >= 0.6 is 0 Å². The van der Waals surface area contributed by atoms with E-state index in [-0.39, 0.29) is 11.3 Å². The normalized spacial score (nSPS) is 21.1. The zero-order valence-corrected chi connectivity index (χ0v) is 19.9. The third-order valence-electron chi connectivity index (χ3n) is 7.00. The number of aliphatic hydroxyl groups excluding tert-OH is 1. The molecule has 7 nitrogen and oxygen atoms in total. The lowest BCUT2D eigenvalue weighted by Crippen LogP contribution is -2.40. The molecule has 1 aromatic heterocycles. The van der Waals surface area contributed by atoms with Gasteiger partial charge in [0.25, 0.3) is 11.7 Å². The van der Waals surface area contributed by atoms with Crippen LogP contribution < -0.4 is 4.74 Å². The Hall–Kier alpha value is -3.06. The number of amides is 1. The lowest BCUT2D eigenvalue weighted by Gasteiger charge is -2.31. The van der Waals surface area contributed by atoms with Crippen LogP contribution in [0.25, 0.3) is 5.76 Å². The first-order chi connectivity index (χ1) is 15.8. The highest BCUT2D eigenvalue weighted by Crippen LogP contribution is 2.43. The van der Waals surface area contributed by atoms with Crippen LogP contribution in [0.15, 0.2) is 29.8 Å². The molecule has 0 aliphatic carbocycles. The Balaban J connectivity index is 1.82. The minimum atomic E-state index is -0.708. The first-order valence-electron chi connectivity index (χ1n) is 11.6. The number of piperidine rings is 1. The number of para-hydroxylation sites is 1. The number of benzene rings is 1. The first-order valence-corrected chi connectivity index (χ1v) is 11.6. The predicted octanol–water partition coefficient (Wildman–Crippen LogP) is 3.86. The molecule has 2 saturated heterocycles. The summed E-state index contributed by atoms with van der Waals surface area (Å²) in [6.07, 6.45) is 3.54. The van der Waals surface area contributed by atoms with Crippen molar-refractivity contribution in [2.45, 2.75) is 46.1 Å². The number of H-pyrrole nitrogens is 1. The Kier molecular flexibility index (Phi) is 6.61. The lowest BCUT2D eigenvalue weighted by atomic mass is 9.93.